The quantitative estimate of drug-likeness (QED) is 0.576. The Balaban J connectivity index is 1.72. The van der Waals surface area contributed by atoms with E-state index in [0.29, 0.717) is 19.0 Å². The molecule has 3 heterocycles. The van der Waals surface area contributed by atoms with E-state index < -0.39 is 0 Å². The Morgan fingerprint density at radius 3 is 2.75 bits per heavy atom. The lowest BCUT2D eigenvalue weighted by Crippen LogP contribution is -2.39. The standard InChI is InChI=1S/C21H21BrN2O3S/c1-14-12-17(21(28-14)23-20(25)18-6-3-9-27-18)19(24-7-10-26-11-8-24)15-4-2-5-16(22)13-15/h2-6,9,12-13,19H,7-8,10-11H2,1H3,(H,23,25). The van der Waals surface area contributed by atoms with E-state index in [1.54, 1.807) is 23.5 Å². The minimum absolute atomic E-state index is 0.0400. The van der Waals surface area contributed by atoms with Gasteiger partial charge in [0.1, 0.15) is 5.00 Å². The van der Waals surface area contributed by atoms with Crippen LogP contribution in [-0.2, 0) is 4.74 Å². The van der Waals surface area contributed by atoms with Gasteiger partial charge in [0.25, 0.3) is 5.91 Å². The number of hydrogen-bond acceptors (Lipinski definition) is 5. The second-order valence-electron chi connectivity index (χ2n) is 6.68. The van der Waals surface area contributed by atoms with E-state index in [0.717, 1.165) is 33.0 Å². The molecule has 1 N–H and O–H groups in total. The van der Waals surface area contributed by atoms with E-state index >= 15 is 0 Å². The third-order valence-electron chi connectivity index (χ3n) is 4.73. The molecule has 7 heteroatoms. The molecule has 3 aromatic rings. The van der Waals surface area contributed by atoms with Gasteiger partial charge in [-0.1, -0.05) is 28.1 Å². The molecule has 1 fully saturated rings. The summed E-state index contributed by atoms with van der Waals surface area (Å²) in [5.74, 6) is 0.0745. The number of halogens is 1. The molecule has 2 aromatic heterocycles. The van der Waals surface area contributed by atoms with Crippen molar-refractivity contribution in [3.05, 3.63) is 75.0 Å². The summed E-state index contributed by atoms with van der Waals surface area (Å²) in [5.41, 5.74) is 2.28. The number of nitrogens with zero attached hydrogens (tertiary/aromatic N) is 1. The zero-order valence-electron chi connectivity index (χ0n) is 15.5. The molecule has 0 saturated carbocycles. The average molecular weight is 461 g/mol. The van der Waals surface area contributed by atoms with Crippen LogP contribution in [0.3, 0.4) is 0 Å². The highest BCUT2D eigenvalue weighted by atomic mass is 79.9. The zero-order chi connectivity index (χ0) is 19.5. The first-order valence-corrected chi connectivity index (χ1v) is 10.8. The monoisotopic (exact) mass is 460 g/mol. The Labute approximate surface area is 176 Å². The summed E-state index contributed by atoms with van der Waals surface area (Å²) in [4.78, 5) is 16.1. The van der Waals surface area contributed by atoms with Crippen molar-refractivity contribution in [2.24, 2.45) is 0 Å². The van der Waals surface area contributed by atoms with Gasteiger partial charge in [0, 0.05) is 28.0 Å². The Hall–Kier alpha value is -1.93. The van der Waals surface area contributed by atoms with Crippen molar-refractivity contribution in [2.45, 2.75) is 13.0 Å². The lowest BCUT2D eigenvalue weighted by atomic mass is 9.98. The molecule has 1 amide bonds. The third-order valence-corrected chi connectivity index (χ3v) is 6.20. The van der Waals surface area contributed by atoms with Gasteiger partial charge in [0.05, 0.1) is 25.5 Å². The van der Waals surface area contributed by atoms with E-state index in [1.807, 2.05) is 12.1 Å². The fourth-order valence-electron chi connectivity index (χ4n) is 3.51. The van der Waals surface area contributed by atoms with Gasteiger partial charge >= 0.3 is 0 Å². The van der Waals surface area contributed by atoms with Gasteiger partial charge in [-0.2, -0.15) is 0 Å². The van der Waals surface area contributed by atoms with Crippen LogP contribution in [0.5, 0.6) is 0 Å². The van der Waals surface area contributed by atoms with Crippen molar-refractivity contribution < 1.29 is 13.9 Å². The van der Waals surface area contributed by atoms with E-state index in [1.165, 1.54) is 11.8 Å². The molecule has 1 atom stereocenters. The predicted octanol–water partition coefficient (Wildman–Crippen LogP) is 5.09. The minimum atomic E-state index is -0.233. The van der Waals surface area contributed by atoms with Crippen molar-refractivity contribution in [3.8, 4) is 0 Å². The average Bonchev–Trinajstić information content (AvgIpc) is 3.34. The number of ether oxygens (including phenoxy) is 1. The zero-order valence-corrected chi connectivity index (χ0v) is 17.9. The molecular formula is C21H21BrN2O3S. The summed E-state index contributed by atoms with van der Waals surface area (Å²) in [6.45, 7) is 5.17. The molecule has 28 heavy (non-hydrogen) atoms. The number of rotatable bonds is 5. The highest BCUT2D eigenvalue weighted by Gasteiger charge is 2.28. The van der Waals surface area contributed by atoms with E-state index in [-0.39, 0.29) is 11.9 Å². The molecule has 1 aliphatic rings. The number of carbonyl (C=O) groups excluding carboxylic acids is 1. The van der Waals surface area contributed by atoms with Gasteiger partial charge in [-0.05, 0) is 42.8 Å². The maximum Gasteiger partial charge on any atom is 0.291 e. The van der Waals surface area contributed by atoms with Crippen LogP contribution in [-0.4, -0.2) is 37.1 Å². The number of thiophene rings is 1. The molecule has 0 spiro atoms. The molecular weight excluding hydrogens is 440 g/mol. The fourth-order valence-corrected chi connectivity index (χ4v) is 4.86. The third kappa shape index (κ3) is 4.22. The van der Waals surface area contributed by atoms with Crippen molar-refractivity contribution in [1.82, 2.24) is 4.90 Å². The first-order valence-electron chi connectivity index (χ1n) is 9.14. The number of furan rings is 1. The van der Waals surface area contributed by atoms with E-state index in [2.05, 4.69) is 51.3 Å². The summed E-state index contributed by atoms with van der Waals surface area (Å²) >= 11 is 5.18. The highest BCUT2D eigenvalue weighted by molar-refractivity contribution is 9.10. The summed E-state index contributed by atoms with van der Waals surface area (Å²) in [5, 5.41) is 3.91. The molecule has 146 valence electrons. The van der Waals surface area contributed by atoms with Crippen molar-refractivity contribution >= 4 is 38.2 Å². The smallest absolute Gasteiger partial charge is 0.291 e. The van der Waals surface area contributed by atoms with Crippen LogP contribution in [0.25, 0.3) is 0 Å². The summed E-state index contributed by atoms with van der Waals surface area (Å²) in [6, 6.07) is 13.9. The largest absolute Gasteiger partial charge is 0.459 e. The SMILES string of the molecule is Cc1cc(C(c2cccc(Br)c2)N2CCOCC2)c(NC(=O)c2ccco2)s1. The number of benzene rings is 1. The van der Waals surface area contributed by atoms with Crippen LogP contribution in [0.2, 0.25) is 0 Å². The Bertz CT molecular complexity index is 948. The van der Waals surface area contributed by atoms with Crippen LogP contribution in [0.4, 0.5) is 5.00 Å². The molecule has 4 rings (SSSR count). The van der Waals surface area contributed by atoms with E-state index in [4.69, 9.17) is 9.15 Å². The maximum absolute atomic E-state index is 12.6. The van der Waals surface area contributed by atoms with Crippen LogP contribution in [0.15, 0.2) is 57.6 Å². The molecule has 0 bridgehead atoms. The lowest BCUT2D eigenvalue weighted by Gasteiger charge is -2.35. The fraction of sp³-hybridized carbons (Fsp3) is 0.286. The van der Waals surface area contributed by atoms with Crippen molar-refractivity contribution in [2.75, 3.05) is 31.6 Å². The molecule has 1 unspecified atom stereocenters. The van der Waals surface area contributed by atoms with Gasteiger partial charge in [0.2, 0.25) is 0 Å². The van der Waals surface area contributed by atoms with Crippen molar-refractivity contribution in [3.63, 3.8) is 0 Å². The lowest BCUT2D eigenvalue weighted by molar-refractivity contribution is 0.0241. The molecule has 5 nitrogen and oxygen atoms in total. The van der Waals surface area contributed by atoms with Gasteiger partial charge in [0.15, 0.2) is 5.76 Å². The molecule has 1 aliphatic heterocycles. The van der Waals surface area contributed by atoms with Crippen LogP contribution in [0.1, 0.15) is 32.6 Å². The number of aryl methyl sites for hydroxylation is 1. The second-order valence-corrected chi connectivity index (χ2v) is 8.85. The number of anilines is 1. The number of carbonyl (C=O) groups is 1. The number of amides is 1. The normalized spacial score (nSPS) is 16.1. The molecule has 1 saturated heterocycles. The number of nitrogens with one attached hydrogen (secondary N) is 1. The first-order chi connectivity index (χ1) is 13.6. The Morgan fingerprint density at radius 2 is 2.04 bits per heavy atom. The topological polar surface area (TPSA) is 54.7 Å². The number of morpholine rings is 1. The van der Waals surface area contributed by atoms with Crippen LogP contribution >= 0.6 is 27.3 Å². The van der Waals surface area contributed by atoms with Gasteiger partial charge in [-0.25, -0.2) is 0 Å². The van der Waals surface area contributed by atoms with Crippen LogP contribution in [0, 0.1) is 6.92 Å². The van der Waals surface area contributed by atoms with Gasteiger partial charge in [-0.3, -0.25) is 9.69 Å². The summed E-state index contributed by atoms with van der Waals surface area (Å²) < 4.78 is 11.9. The molecule has 1 aromatic carbocycles. The maximum atomic E-state index is 12.6. The Morgan fingerprint density at radius 1 is 1.21 bits per heavy atom. The highest BCUT2D eigenvalue weighted by Crippen LogP contribution is 2.40. The molecule has 0 radical (unpaired) electrons. The van der Waals surface area contributed by atoms with Crippen LogP contribution < -0.4 is 5.32 Å². The van der Waals surface area contributed by atoms with E-state index in [9.17, 15) is 4.79 Å². The van der Waals surface area contributed by atoms with Gasteiger partial charge < -0.3 is 14.5 Å². The van der Waals surface area contributed by atoms with Gasteiger partial charge in [-0.15, -0.1) is 11.3 Å². The Kier molecular flexibility index (Phi) is 5.96. The molecule has 0 aliphatic carbocycles. The summed E-state index contributed by atoms with van der Waals surface area (Å²) in [7, 11) is 0. The predicted molar refractivity (Wildman–Crippen MR) is 114 cm³/mol. The first kappa shape index (κ1) is 19.4. The number of hydrogen-bond donors (Lipinski definition) is 1. The van der Waals surface area contributed by atoms with Crippen molar-refractivity contribution in [1.29, 1.82) is 0 Å². The summed E-state index contributed by atoms with van der Waals surface area (Å²) in [6.07, 6.45) is 1.51. The minimum Gasteiger partial charge on any atom is -0.459 e. The second kappa shape index (κ2) is 8.61.